The Bertz CT molecular complexity index is 835. The average Bonchev–Trinajstić information content (AvgIpc) is 2.83. The highest BCUT2D eigenvalue weighted by molar-refractivity contribution is 7.90. The van der Waals surface area contributed by atoms with Crippen molar-refractivity contribution in [1.82, 2.24) is 9.78 Å². The maximum atomic E-state index is 12.0. The number of hydrogen-bond acceptors (Lipinski definition) is 4. The first kappa shape index (κ1) is 16.0. The monoisotopic (exact) mass is 319 g/mol. The Hall–Kier alpha value is -2.41. The second-order valence-electron chi connectivity index (χ2n) is 4.95. The Morgan fingerprint density at radius 3 is 2.64 bits per heavy atom. The minimum atomic E-state index is -3.31. The van der Waals surface area contributed by atoms with Gasteiger partial charge in [0, 0.05) is 31.3 Å². The predicted octanol–water partition coefficient (Wildman–Crippen LogP) is 1.78. The summed E-state index contributed by atoms with van der Waals surface area (Å²) in [6.07, 6.45) is 5.78. The Labute approximate surface area is 129 Å². The number of nitrogens with one attached hydrogen (secondary N) is 1. The van der Waals surface area contributed by atoms with E-state index in [9.17, 15) is 13.2 Å². The van der Waals surface area contributed by atoms with Crippen LogP contribution in [0.4, 0.5) is 5.69 Å². The lowest BCUT2D eigenvalue weighted by Crippen LogP contribution is -2.10. The van der Waals surface area contributed by atoms with Gasteiger partial charge in [-0.05, 0) is 36.8 Å². The quantitative estimate of drug-likeness (QED) is 0.871. The number of carbonyl (C=O) groups excluding carboxylic acids is 1. The fourth-order valence-electron chi connectivity index (χ4n) is 1.85. The smallest absolute Gasteiger partial charge is 0.248 e. The normalized spacial score (nSPS) is 11.8. The van der Waals surface area contributed by atoms with E-state index in [1.54, 1.807) is 43.1 Å². The Morgan fingerprint density at radius 2 is 2.05 bits per heavy atom. The molecule has 6 nitrogen and oxygen atoms in total. The largest absolute Gasteiger partial charge is 0.322 e. The summed E-state index contributed by atoms with van der Waals surface area (Å²) in [6.45, 7) is 1.80. The van der Waals surface area contributed by atoms with Gasteiger partial charge >= 0.3 is 0 Å². The first-order valence-electron chi connectivity index (χ1n) is 6.55. The van der Waals surface area contributed by atoms with Crippen LogP contribution in [0.3, 0.4) is 0 Å². The highest BCUT2D eigenvalue weighted by Crippen LogP contribution is 2.20. The van der Waals surface area contributed by atoms with Crippen LogP contribution in [0.25, 0.3) is 6.08 Å². The van der Waals surface area contributed by atoms with E-state index in [0.29, 0.717) is 5.69 Å². The van der Waals surface area contributed by atoms with Gasteiger partial charge in [-0.25, -0.2) is 8.42 Å². The second kappa shape index (κ2) is 6.15. The van der Waals surface area contributed by atoms with Crippen LogP contribution >= 0.6 is 0 Å². The molecule has 0 aliphatic carbocycles. The Morgan fingerprint density at radius 1 is 1.32 bits per heavy atom. The van der Waals surface area contributed by atoms with Gasteiger partial charge < -0.3 is 5.32 Å². The third-order valence-electron chi connectivity index (χ3n) is 3.16. The van der Waals surface area contributed by atoms with Gasteiger partial charge in [0.15, 0.2) is 9.84 Å². The minimum Gasteiger partial charge on any atom is -0.322 e. The molecule has 7 heteroatoms. The van der Waals surface area contributed by atoms with E-state index < -0.39 is 9.84 Å². The Kier molecular flexibility index (Phi) is 4.46. The molecule has 1 heterocycles. The summed E-state index contributed by atoms with van der Waals surface area (Å²) in [5, 5.41) is 6.68. The summed E-state index contributed by atoms with van der Waals surface area (Å²) in [6, 6.07) is 6.42. The van der Waals surface area contributed by atoms with Crippen molar-refractivity contribution in [1.29, 1.82) is 0 Å². The highest BCUT2D eigenvalue weighted by Gasteiger charge is 2.10. The molecule has 116 valence electrons. The maximum absolute atomic E-state index is 12.0. The average molecular weight is 319 g/mol. The standard InChI is InChI=1S/C15H17N3O3S/c1-11-4-6-13(22(3,20)21)10-14(11)17-15(19)7-5-12-8-9-16-18(12)2/h4-10H,1-3H3,(H,17,19). The molecule has 0 saturated carbocycles. The van der Waals surface area contributed by atoms with Crippen molar-refractivity contribution >= 4 is 27.5 Å². The number of rotatable bonds is 4. The number of carbonyl (C=O) groups is 1. The van der Waals surface area contributed by atoms with Gasteiger partial charge in [-0.15, -0.1) is 0 Å². The zero-order valence-electron chi connectivity index (χ0n) is 12.6. The van der Waals surface area contributed by atoms with E-state index in [1.165, 1.54) is 18.2 Å². The summed E-state index contributed by atoms with van der Waals surface area (Å²) in [5.74, 6) is -0.338. The zero-order chi connectivity index (χ0) is 16.3. The lowest BCUT2D eigenvalue weighted by molar-refractivity contribution is -0.111. The van der Waals surface area contributed by atoms with Gasteiger partial charge in [0.25, 0.3) is 0 Å². The molecule has 0 aliphatic heterocycles. The number of benzene rings is 1. The van der Waals surface area contributed by atoms with Crippen LogP contribution in [0.1, 0.15) is 11.3 Å². The number of anilines is 1. The number of nitrogens with zero attached hydrogens (tertiary/aromatic N) is 2. The molecule has 1 amide bonds. The van der Waals surface area contributed by atoms with Crippen LogP contribution in [-0.2, 0) is 21.7 Å². The molecular weight excluding hydrogens is 302 g/mol. The van der Waals surface area contributed by atoms with E-state index >= 15 is 0 Å². The van der Waals surface area contributed by atoms with E-state index in [-0.39, 0.29) is 10.8 Å². The lowest BCUT2D eigenvalue weighted by atomic mass is 10.2. The number of aromatic nitrogens is 2. The molecule has 1 aromatic heterocycles. The predicted molar refractivity (Wildman–Crippen MR) is 85.2 cm³/mol. The van der Waals surface area contributed by atoms with Crippen molar-refractivity contribution in [3.05, 3.63) is 47.8 Å². The number of amides is 1. The maximum Gasteiger partial charge on any atom is 0.248 e. The van der Waals surface area contributed by atoms with Crippen molar-refractivity contribution in [2.24, 2.45) is 7.05 Å². The van der Waals surface area contributed by atoms with E-state index in [4.69, 9.17) is 0 Å². The third-order valence-corrected chi connectivity index (χ3v) is 4.27. The van der Waals surface area contributed by atoms with Gasteiger partial charge in [0.1, 0.15) is 0 Å². The van der Waals surface area contributed by atoms with Gasteiger partial charge in [-0.2, -0.15) is 5.10 Å². The van der Waals surface area contributed by atoms with Gasteiger partial charge in [0.05, 0.1) is 10.6 Å². The molecule has 0 radical (unpaired) electrons. The molecule has 0 spiro atoms. The third kappa shape index (κ3) is 3.82. The Balaban J connectivity index is 2.18. The summed E-state index contributed by atoms with van der Waals surface area (Å²) in [4.78, 5) is 12.1. The molecule has 1 aromatic carbocycles. The van der Waals surface area contributed by atoms with Crippen molar-refractivity contribution in [3.8, 4) is 0 Å². The molecule has 0 fully saturated rings. The number of hydrogen-bond donors (Lipinski definition) is 1. The molecule has 1 N–H and O–H groups in total. The molecule has 0 bridgehead atoms. The van der Waals surface area contributed by atoms with Gasteiger partial charge in [0.2, 0.25) is 5.91 Å². The van der Waals surface area contributed by atoms with Gasteiger partial charge in [-0.3, -0.25) is 9.48 Å². The molecule has 22 heavy (non-hydrogen) atoms. The molecule has 0 atom stereocenters. The SMILES string of the molecule is Cc1ccc(S(C)(=O)=O)cc1NC(=O)C=Cc1ccnn1C. The van der Waals surface area contributed by atoms with Crippen molar-refractivity contribution in [2.75, 3.05) is 11.6 Å². The van der Waals surface area contributed by atoms with Crippen LogP contribution in [-0.4, -0.2) is 30.4 Å². The van der Waals surface area contributed by atoms with Crippen molar-refractivity contribution in [2.45, 2.75) is 11.8 Å². The molecular formula is C15H17N3O3S. The fourth-order valence-corrected chi connectivity index (χ4v) is 2.50. The van der Waals surface area contributed by atoms with Crippen molar-refractivity contribution < 1.29 is 13.2 Å². The van der Waals surface area contributed by atoms with Gasteiger partial charge in [-0.1, -0.05) is 6.07 Å². The van der Waals surface area contributed by atoms with Crippen LogP contribution in [0, 0.1) is 6.92 Å². The molecule has 2 aromatic rings. The highest BCUT2D eigenvalue weighted by atomic mass is 32.2. The van der Waals surface area contributed by atoms with Crippen LogP contribution in [0.2, 0.25) is 0 Å². The lowest BCUT2D eigenvalue weighted by Gasteiger charge is -2.08. The molecule has 0 unspecified atom stereocenters. The minimum absolute atomic E-state index is 0.170. The molecule has 2 rings (SSSR count). The zero-order valence-corrected chi connectivity index (χ0v) is 13.4. The molecule has 0 aliphatic rings. The van der Waals surface area contributed by atoms with E-state index in [0.717, 1.165) is 17.5 Å². The first-order chi connectivity index (χ1) is 10.3. The van der Waals surface area contributed by atoms with E-state index in [1.807, 2.05) is 0 Å². The summed E-state index contributed by atoms with van der Waals surface area (Å²) in [5.41, 5.74) is 2.05. The van der Waals surface area contributed by atoms with Crippen LogP contribution in [0.15, 0.2) is 41.4 Å². The summed E-state index contributed by atoms with van der Waals surface area (Å²) >= 11 is 0. The summed E-state index contributed by atoms with van der Waals surface area (Å²) < 4.78 is 24.8. The fraction of sp³-hybridized carbons (Fsp3) is 0.200. The summed E-state index contributed by atoms with van der Waals surface area (Å²) in [7, 11) is -1.54. The first-order valence-corrected chi connectivity index (χ1v) is 8.44. The number of sulfone groups is 1. The van der Waals surface area contributed by atoms with Crippen LogP contribution in [0.5, 0.6) is 0 Å². The van der Waals surface area contributed by atoms with Crippen LogP contribution < -0.4 is 5.32 Å². The molecule has 0 saturated heterocycles. The van der Waals surface area contributed by atoms with Crippen molar-refractivity contribution in [3.63, 3.8) is 0 Å². The van der Waals surface area contributed by atoms with E-state index in [2.05, 4.69) is 10.4 Å². The topological polar surface area (TPSA) is 81.1 Å². The number of aryl methyl sites for hydroxylation is 2. The second-order valence-corrected chi connectivity index (χ2v) is 6.97.